The van der Waals surface area contributed by atoms with Crippen LogP contribution in [0.2, 0.25) is 0 Å². The highest BCUT2D eigenvalue weighted by atomic mass is 19.4. The molecule has 0 aliphatic rings. The van der Waals surface area contributed by atoms with Crippen molar-refractivity contribution in [2.45, 2.75) is 19.6 Å². The zero-order valence-corrected chi connectivity index (χ0v) is 14.2. The molecular formula is C18H16F3N3O3. The molecule has 0 saturated carbocycles. The molecule has 0 aromatic heterocycles. The van der Waals surface area contributed by atoms with Crippen molar-refractivity contribution >= 4 is 17.8 Å². The third-order valence-electron chi connectivity index (χ3n) is 3.55. The topological polar surface area (TPSA) is 84.3 Å². The first-order chi connectivity index (χ1) is 12.7. The van der Waals surface area contributed by atoms with Gasteiger partial charge in [0.2, 0.25) is 0 Å². The summed E-state index contributed by atoms with van der Waals surface area (Å²) in [4.78, 5) is 21.3. The molecule has 0 spiro atoms. The van der Waals surface area contributed by atoms with Gasteiger partial charge >= 0.3 is 12.2 Å². The molecule has 0 aliphatic heterocycles. The number of carbonyl (C=O) groups excluding carboxylic acids is 1. The molecule has 142 valence electrons. The summed E-state index contributed by atoms with van der Waals surface area (Å²) in [5.41, 5.74) is -0.360. The van der Waals surface area contributed by atoms with Crippen LogP contribution in [0.15, 0.2) is 48.7 Å². The number of nitro benzene ring substituents is 1. The second kappa shape index (κ2) is 8.35. The Morgan fingerprint density at radius 3 is 2.59 bits per heavy atom. The molecule has 27 heavy (non-hydrogen) atoms. The number of alkyl halides is 3. The molecule has 0 fully saturated rings. The number of rotatable bonds is 5. The molecule has 2 amide bonds. The fourth-order valence-corrected chi connectivity index (χ4v) is 2.31. The van der Waals surface area contributed by atoms with E-state index in [1.54, 1.807) is 0 Å². The Labute approximate surface area is 152 Å². The molecule has 2 rings (SSSR count). The van der Waals surface area contributed by atoms with E-state index in [0.717, 1.165) is 29.5 Å². The van der Waals surface area contributed by atoms with Crippen LogP contribution in [0.4, 0.5) is 23.7 Å². The lowest BCUT2D eigenvalue weighted by molar-refractivity contribution is -0.388. The van der Waals surface area contributed by atoms with Gasteiger partial charge in [-0.3, -0.25) is 10.1 Å². The van der Waals surface area contributed by atoms with Crippen LogP contribution in [-0.4, -0.2) is 11.0 Å². The first kappa shape index (κ1) is 20.0. The van der Waals surface area contributed by atoms with E-state index < -0.39 is 28.4 Å². The number of nitrogens with zero attached hydrogens (tertiary/aromatic N) is 1. The first-order valence-electron chi connectivity index (χ1n) is 7.79. The van der Waals surface area contributed by atoms with Gasteiger partial charge in [0, 0.05) is 18.8 Å². The summed E-state index contributed by atoms with van der Waals surface area (Å²) in [6.07, 6.45) is -2.48. The Kier molecular flexibility index (Phi) is 6.17. The number of nitro groups is 1. The SMILES string of the molecule is Cc1cccc(CNC(=O)N/C=C/c2ccc([N+](=O)[O-])c(C(F)(F)F)c2)c1. The highest BCUT2D eigenvalue weighted by Crippen LogP contribution is 2.36. The van der Waals surface area contributed by atoms with E-state index in [1.807, 2.05) is 31.2 Å². The van der Waals surface area contributed by atoms with Crippen LogP contribution in [0.1, 0.15) is 22.3 Å². The molecular weight excluding hydrogens is 363 g/mol. The van der Waals surface area contributed by atoms with Crippen LogP contribution < -0.4 is 10.6 Å². The Morgan fingerprint density at radius 1 is 1.22 bits per heavy atom. The molecule has 0 aliphatic carbocycles. The minimum Gasteiger partial charge on any atom is -0.334 e. The van der Waals surface area contributed by atoms with Gasteiger partial charge in [0.05, 0.1) is 4.92 Å². The lowest BCUT2D eigenvalue weighted by Crippen LogP contribution is -2.31. The highest BCUT2D eigenvalue weighted by molar-refractivity contribution is 5.76. The zero-order valence-electron chi connectivity index (χ0n) is 14.2. The van der Waals surface area contributed by atoms with Gasteiger partial charge in [-0.1, -0.05) is 29.8 Å². The summed E-state index contributed by atoms with van der Waals surface area (Å²) < 4.78 is 38.8. The van der Waals surface area contributed by atoms with Crippen molar-refractivity contribution in [1.82, 2.24) is 10.6 Å². The molecule has 9 heteroatoms. The molecule has 0 unspecified atom stereocenters. The van der Waals surface area contributed by atoms with Crippen LogP contribution in [-0.2, 0) is 12.7 Å². The van der Waals surface area contributed by atoms with Crippen molar-refractivity contribution in [2.24, 2.45) is 0 Å². The first-order valence-corrected chi connectivity index (χ1v) is 7.79. The minimum atomic E-state index is -4.86. The van der Waals surface area contributed by atoms with Gasteiger partial charge in [0.15, 0.2) is 0 Å². The average molecular weight is 379 g/mol. The van der Waals surface area contributed by atoms with E-state index in [9.17, 15) is 28.1 Å². The summed E-state index contributed by atoms with van der Waals surface area (Å²) in [5.74, 6) is 0. The molecule has 2 N–H and O–H groups in total. The maximum absolute atomic E-state index is 12.9. The van der Waals surface area contributed by atoms with Crippen LogP contribution >= 0.6 is 0 Å². The van der Waals surface area contributed by atoms with E-state index in [1.165, 1.54) is 6.08 Å². The predicted octanol–water partition coefficient (Wildman–Crippen LogP) is 4.39. The van der Waals surface area contributed by atoms with Crippen LogP contribution in [0.3, 0.4) is 0 Å². The van der Waals surface area contributed by atoms with Gasteiger partial charge in [-0.05, 0) is 36.3 Å². The quantitative estimate of drug-likeness (QED) is 0.597. The molecule has 0 radical (unpaired) electrons. The standard InChI is InChI=1S/C18H16F3N3O3/c1-12-3-2-4-14(9-12)11-23-17(25)22-8-7-13-5-6-16(24(26)27)15(10-13)18(19,20)21/h2-10H,11H2,1H3,(H2,22,23,25)/b8-7+. The van der Waals surface area contributed by atoms with E-state index in [-0.39, 0.29) is 12.1 Å². The fraction of sp³-hybridized carbons (Fsp3) is 0.167. The van der Waals surface area contributed by atoms with E-state index in [2.05, 4.69) is 10.6 Å². The number of carbonyl (C=O) groups is 1. The smallest absolute Gasteiger partial charge is 0.334 e. The lowest BCUT2D eigenvalue weighted by Gasteiger charge is -2.08. The number of urea groups is 1. The summed E-state index contributed by atoms with van der Waals surface area (Å²) in [6, 6.07) is 9.59. The van der Waals surface area contributed by atoms with E-state index in [0.29, 0.717) is 6.07 Å². The summed E-state index contributed by atoms with van der Waals surface area (Å²) in [7, 11) is 0. The maximum Gasteiger partial charge on any atom is 0.423 e. The summed E-state index contributed by atoms with van der Waals surface area (Å²) in [5, 5.41) is 15.7. The highest BCUT2D eigenvalue weighted by Gasteiger charge is 2.38. The number of hydrogen-bond acceptors (Lipinski definition) is 3. The van der Waals surface area contributed by atoms with E-state index in [4.69, 9.17) is 0 Å². The fourth-order valence-electron chi connectivity index (χ4n) is 2.31. The zero-order chi connectivity index (χ0) is 20.0. The van der Waals surface area contributed by atoms with Crippen molar-refractivity contribution in [1.29, 1.82) is 0 Å². The molecule has 2 aromatic rings. The van der Waals surface area contributed by atoms with Crippen molar-refractivity contribution in [3.05, 3.63) is 81.0 Å². The third kappa shape index (κ3) is 5.84. The number of benzene rings is 2. The third-order valence-corrected chi connectivity index (χ3v) is 3.55. The monoisotopic (exact) mass is 379 g/mol. The van der Waals surface area contributed by atoms with Gasteiger partial charge in [-0.2, -0.15) is 13.2 Å². The van der Waals surface area contributed by atoms with Gasteiger partial charge in [-0.25, -0.2) is 4.79 Å². The van der Waals surface area contributed by atoms with Crippen molar-refractivity contribution < 1.29 is 22.9 Å². The van der Waals surface area contributed by atoms with Gasteiger partial charge in [-0.15, -0.1) is 0 Å². The Bertz CT molecular complexity index is 880. The molecule has 0 saturated heterocycles. The number of nitrogens with one attached hydrogen (secondary N) is 2. The molecule has 2 aromatic carbocycles. The van der Waals surface area contributed by atoms with Gasteiger partial charge < -0.3 is 10.6 Å². The molecule has 6 nitrogen and oxygen atoms in total. The maximum atomic E-state index is 12.9. The second-order valence-electron chi connectivity index (χ2n) is 5.68. The number of halogens is 3. The van der Waals surface area contributed by atoms with Gasteiger partial charge in [0.25, 0.3) is 5.69 Å². The molecule has 0 bridgehead atoms. The van der Waals surface area contributed by atoms with Crippen molar-refractivity contribution in [3.8, 4) is 0 Å². The predicted molar refractivity (Wildman–Crippen MR) is 93.7 cm³/mol. The van der Waals surface area contributed by atoms with Crippen LogP contribution in [0.25, 0.3) is 6.08 Å². The largest absolute Gasteiger partial charge is 0.423 e. The van der Waals surface area contributed by atoms with Crippen LogP contribution in [0.5, 0.6) is 0 Å². The normalized spacial score (nSPS) is 11.4. The Balaban J connectivity index is 1.99. The van der Waals surface area contributed by atoms with E-state index >= 15 is 0 Å². The van der Waals surface area contributed by atoms with Crippen molar-refractivity contribution in [2.75, 3.05) is 0 Å². The lowest BCUT2D eigenvalue weighted by atomic mass is 10.1. The number of aryl methyl sites for hydroxylation is 1. The Hall–Kier alpha value is -3.36. The summed E-state index contributed by atoms with van der Waals surface area (Å²) >= 11 is 0. The Morgan fingerprint density at radius 2 is 1.96 bits per heavy atom. The second-order valence-corrected chi connectivity index (χ2v) is 5.68. The average Bonchev–Trinajstić information content (AvgIpc) is 2.59. The number of hydrogen-bond donors (Lipinski definition) is 2. The summed E-state index contributed by atoms with van der Waals surface area (Å²) in [6.45, 7) is 2.21. The van der Waals surface area contributed by atoms with Crippen LogP contribution in [0, 0.1) is 17.0 Å². The minimum absolute atomic E-state index is 0.0620. The molecule has 0 atom stereocenters. The van der Waals surface area contributed by atoms with Crippen molar-refractivity contribution in [3.63, 3.8) is 0 Å². The molecule has 0 heterocycles. The number of amides is 2. The van der Waals surface area contributed by atoms with Gasteiger partial charge in [0.1, 0.15) is 5.56 Å².